The highest BCUT2D eigenvalue weighted by Gasteiger charge is 2.57. The summed E-state index contributed by atoms with van der Waals surface area (Å²) in [7, 11) is 1.53. The van der Waals surface area contributed by atoms with Gasteiger partial charge in [-0.05, 0) is 44.5 Å². The number of thioether (sulfide) groups is 1. The molecule has 1 saturated heterocycles. The lowest BCUT2D eigenvalue weighted by molar-refractivity contribution is -0.129. The lowest BCUT2D eigenvalue weighted by Gasteiger charge is -2.30. The summed E-state index contributed by atoms with van der Waals surface area (Å²) in [6.45, 7) is 5.53. The van der Waals surface area contributed by atoms with Crippen molar-refractivity contribution in [1.29, 1.82) is 0 Å². The van der Waals surface area contributed by atoms with E-state index in [9.17, 15) is 14.4 Å². The summed E-state index contributed by atoms with van der Waals surface area (Å²) >= 11 is 1.59. The average molecular weight is 440 g/mol. The van der Waals surface area contributed by atoms with Gasteiger partial charge in [-0.3, -0.25) is 14.4 Å². The summed E-state index contributed by atoms with van der Waals surface area (Å²) in [4.78, 5) is 40.7. The third-order valence-electron chi connectivity index (χ3n) is 5.66. The summed E-state index contributed by atoms with van der Waals surface area (Å²) < 4.78 is 4.75. The van der Waals surface area contributed by atoms with Gasteiger partial charge in [0.1, 0.15) is 23.2 Å². The van der Waals surface area contributed by atoms with E-state index in [1.165, 1.54) is 7.11 Å². The van der Waals surface area contributed by atoms with Crippen LogP contribution < -0.4 is 15.4 Å². The third kappa shape index (κ3) is 3.65. The zero-order valence-electron chi connectivity index (χ0n) is 17.8. The summed E-state index contributed by atoms with van der Waals surface area (Å²) in [6.07, 6.45) is 0. The van der Waals surface area contributed by atoms with Gasteiger partial charge in [-0.1, -0.05) is 30.3 Å². The Balaban J connectivity index is 1.50. The van der Waals surface area contributed by atoms with Crippen LogP contribution >= 0.6 is 11.8 Å². The molecule has 2 N–H and O–H groups in total. The van der Waals surface area contributed by atoms with E-state index in [2.05, 4.69) is 10.6 Å². The van der Waals surface area contributed by atoms with Gasteiger partial charge < -0.3 is 20.3 Å². The third-order valence-corrected chi connectivity index (χ3v) is 7.20. The van der Waals surface area contributed by atoms with E-state index in [0.29, 0.717) is 17.0 Å². The van der Waals surface area contributed by atoms with Crippen LogP contribution in [-0.4, -0.2) is 46.6 Å². The molecule has 2 aromatic rings. The first-order valence-electron chi connectivity index (χ1n) is 10.1. The Kier molecular flexibility index (Phi) is 5.43. The summed E-state index contributed by atoms with van der Waals surface area (Å²) in [5.41, 5.74) is 2.09. The Bertz CT molecular complexity index is 1050. The fraction of sp³-hybridized carbons (Fsp3) is 0.348. The molecule has 4 rings (SSSR count). The van der Waals surface area contributed by atoms with Crippen molar-refractivity contribution in [3.63, 3.8) is 0 Å². The molecule has 3 unspecified atom stereocenters. The molecular formula is C23H25N3O4S. The Morgan fingerprint density at radius 1 is 1.13 bits per heavy atom. The number of hydrogen-bond donors (Lipinski definition) is 2. The maximum Gasteiger partial charge on any atom is 0.256 e. The molecule has 0 aliphatic carbocycles. The molecule has 2 heterocycles. The van der Waals surface area contributed by atoms with Crippen molar-refractivity contribution < 1.29 is 19.1 Å². The van der Waals surface area contributed by atoms with Crippen molar-refractivity contribution in [2.45, 2.75) is 43.0 Å². The Labute approximate surface area is 185 Å². The number of carbonyl (C=O) groups excluding carboxylic acids is 3. The van der Waals surface area contributed by atoms with Gasteiger partial charge in [0.25, 0.3) is 5.91 Å². The second kappa shape index (κ2) is 7.92. The van der Waals surface area contributed by atoms with E-state index in [1.807, 2.05) is 32.0 Å². The fourth-order valence-corrected chi connectivity index (χ4v) is 5.74. The molecule has 2 aliphatic rings. The molecule has 2 aromatic carbocycles. The molecule has 0 spiro atoms. The molecule has 7 nitrogen and oxygen atoms in total. The van der Waals surface area contributed by atoms with Crippen LogP contribution in [0.2, 0.25) is 0 Å². The molecule has 8 heteroatoms. The number of methoxy groups -OCH3 is 1. The predicted molar refractivity (Wildman–Crippen MR) is 120 cm³/mol. The molecular weight excluding hydrogens is 414 g/mol. The minimum atomic E-state index is -0.794. The van der Waals surface area contributed by atoms with Crippen LogP contribution in [-0.2, 0) is 9.59 Å². The molecule has 31 heavy (non-hydrogen) atoms. The van der Waals surface area contributed by atoms with E-state index >= 15 is 0 Å². The number of benzene rings is 2. The smallest absolute Gasteiger partial charge is 0.256 e. The van der Waals surface area contributed by atoms with Gasteiger partial charge in [-0.15, -0.1) is 11.8 Å². The number of amides is 3. The minimum Gasteiger partial charge on any atom is -0.495 e. The number of nitrogens with one attached hydrogen (secondary N) is 2. The van der Waals surface area contributed by atoms with Crippen LogP contribution in [0.15, 0.2) is 48.5 Å². The first-order valence-corrected chi connectivity index (χ1v) is 11.0. The molecule has 3 amide bonds. The van der Waals surface area contributed by atoms with Crippen LogP contribution in [0, 0.1) is 0 Å². The van der Waals surface area contributed by atoms with Gasteiger partial charge >= 0.3 is 0 Å². The maximum absolute atomic E-state index is 13.3. The van der Waals surface area contributed by atoms with Crippen molar-refractivity contribution in [2.24, 2.45) is 0 Å². The molecule has 2 aliphatic heterocycles. The van der Waals surface area contributed by atoms with Gasteiger partial charge in [-0.2, -0.15) is 0 Å². The number of fused-ring (bicyclic) bond motifs is 3. The van der Waals surface area contributed by atoms with Crippen molar-refractivity contribution in [3.05, 3.63) is 59.7 Å². The fourth-order valence-electron chi connectivity index (χ4n) is 4.15. The topological polar surface area (TPSA) is 87.7 Å². The summed E-state index contributed by atoms with van der Waals surface area (Å²) in [5.74, 6) is -0.325. The van der Waals surface area contributed by atoms with Gasteiger partial charge in [0.15, 0.2) is 0 Å². The zero-order chi connectivity index (χ0) is 22.3. The van der Waals surface area contributed by atoms with E-state index in [0.717, 1.165) is 5.56 Å². The highest BCUT2D eigenvalue weighted by molar-refractivity contribution is 8.01. The molecule has 0 saturated carbocycles. The monoisotopic (exact) mass is 439 g/mol. The SMILES string of the molecule is COc1ccccc1NC(=O)C(C)NC(=O)C1N2C(=O)c3ccccc3C2SC1(C)C. The lowest BCUT2D eigenvalue weighted by Crippen LogP contribution is -2.55. The highest BCUT2D eigenvalue weighted by atomic mass is 32.2. The quantitative estimate of drug-likeness (QED) is 0.747. The van der Waals surface area contributed by atoms with Crippen LogP contribution in [0.25, 0.3) is 0 Å². The highest BCUT2D eigenvalue weighted by Crippen LogP contribution is 2.56. The maximum atomic E-state index is 13.3. The van der Waals surface area contributed by atoms with Crippen LogP contribution in [0.5, 0.6) is 5.75 Å². The van der Waals surface area contributed by atoms with Crippen molar-refractivity contribution in [3.8, 4) is 5.75 Å². The minimum absolute atomic E-state index is 0.148. The van der Waals surface area contributed by atoms with E-state index < -0.39 is 16.8 Å². The van der Waals surface area contributed by atoms with Crippen molar-refractivity contribution in [2.75, 3.05) is 12.4 Å². The lowest BCUT2D eigenvalue weighted by atomic mass is 10.0. The number of rotatable bonds is 5. The van der Waals surface area contributed by atoms with E-state index in [4.69, 9.17) is 4.74 Å². The first-order chi connectivity index (χ1) is 14.7. The molecule has 162 valence electrons. The number of nitrogens with zero attached hydrogens (tertiary/aromatic N) is 1. The van der Waals surface area contributed by atoms with Gasteiger partial charge in [0.05, 0.1) is 12.8 Å². The number of carbonyl (C=O) groups is 3. The average Bonchev–Trinajstić information content (AvgIpc) is 3.17. The molecule has 0 radical (unpaired) electrons. The summed E-state index contributed by atoms with van der Waals surface area (Å²) in [5, 5.41) is 5.38. The number of para-hydroxylation sites is 2. The van der Waals surface area contributed by atoms with E-state index in [1.54, 1.807) is 53.9 Å². The Morgan fingerprint density at radius 2 is 1.81 bits per heavy atom. The Hall–Kier alpha value is -3.00. The second-order valence-electron chi connectivity index (χ2n) is 8.20. The van der Waals surface area contributed by atoms with Gasteiger partial charge in [0, 0.05) is 10.3 Å². The number of hydrogen-bond acceptors (Lipinski definition) is 5. The molecule has 1 fully saturated rings. The van der Waals surface area contributed by atoms with Crippen molar-refractivity contribution >= 4 is 35.2 Å². The van der Waals surface area contributed by atoms with Crippen LogP contribution in [0.3, 0.4) is 0 Å². The van der Waals surface area contributed by atoms with E-state index in [-0.39, 0.29) is 23.1 Å². The van der Waals surface area contributed by atoms with Crippen molar-refractivity contribution in [1.82, 2.24) is 10.2 Å². The van der Waals surface area contributed by atoms with Gasteiger partial charge in [-0.25, -0.2) is 0 Å². The standard InChI is InChI=1S/C23H25N3O4S/c1-13(19(27)25-16-11-7-8-12-17(16)30-4)24-20(28)18-23(2,3)31-22-15-10-6-5-9-14(15)21(29)26(18)22/h5-13,18,22H,1-4H3,(H,24,28)(H,25,27). The molecule has 0 bridgehead atoms. The first kappa shape index (κ1) is 21.2. The normalized spacial score (nSPS) is 21.8. The number of ether oxygens (including phenoxy) is 1. The largest absolute Gasteiger partial charge is 0.495 e. The van der Waals surface area contributed by atoms with Gasteiger partial charge in [0.2, 0.25) is 11.8 Å². The Morgan fingerprint density at radius 3 is 2.55 bits per heavy atom. The summed E-state index contributed by atoms with van der Waals surface area (Å²) in [6, 6.07) is 13.0. The number of anilines is 1. The molecule has 0 aromatic heterocycles. The van der Waals surface area contributed by atoms with Crippen LogP contribution in [0.1, 0.15) is 42.1 Å². The van der Waals surface area contributed by atoms with Crippen LogP contribution in [0.4, 0.5) is 5.69 Å². The zero-order valence-corrected chi connectivity index (χ0v) is 18.7. The molecule has 3 atom stereocenters. The second-order valence-corrected chi connectivity index (χ2v) is 9.93. The predicted octanol–water partition coefficient (Wildman–Crippen LogP) is 3.19.